The van der Waals surface area contributed by atoms with Crippen LogP contribution in [0.4, 0.5) is 0 Å². The fraction of sp³-hybridized carbons (Fsp3) is 0.375. The molecule has 110 valence electrons. The molecule has 1 aliphatic heterocycles. The van der Waals surface area contributed by atoms with E-state index in [-0.39, 0.29) is 5.91 Å². The van der Waals surface area contributed by atoms with Crippen LogP contribution in [-0.2, 0) is 6.54 Å². The lowest BCUT2D eigenvalue weighted by molar-refractivity contribution is 0.0253. The molecule has 2 aromatic rings. The summed E-state index contributed by atoms with van der Waals surface area (Å²) >= 11 is 0. The van der Waals surface area contributed by atoms with E-state index in [2.05, 4.69) is 16.8 Å². The van der Waals surface area contributed by atoms with Crippen molar-refractivity contribution in [3.63, 3.8) is 0 Å². The van der Waals surface area contributed by atoms with E-state index in [0.29, 0.717) is 11.6 Å². The molecule has 0 aliphatic carbocycles. The van der Waals surface area contributed by atoms with Gasteiger partial charge in [0.15, 0.2) is 0 Å². The minimum absolute atomic E-state index is 0.0555. The lowest BCUT2D eigenvalue weighted by Gasteiger charge is -2.45. The van der Waals surface area contributed by atoms with Crippen LogP contribution in [0.5, 0.6) is 0 Å². The number of furan rings is 1. The molecule has 1 aliphatic rings. The summed E-state index contributed by atoms with van der Waals surface area (Å²) < 4.78 is 4.97. The maximum absolute atomic E-state index is 12.1. The average molecular weight is 285 g/mol. The number of hydrogen-bond donors (Lipinski definition) is 0. The summed E-state index contributed by atoms with van der Waals surface area (Å²) in [7, 11) is 0. The number of pyridine rings is 1. The molecule has 1 saturated heterocycles. The number of nitrogens with zero attached hydrogens (tertiary/aromatic N) is 3. The molecule has 0 aromatic carbocycles. The Morgan fingerprint density at radius 2 is 2.14 bits per heavy atom. The van der Waals surface area contributed by atoms with E-state index in [4.69, 9.17) is 4.42 Å². The van der Waals surface area contributed by atoms with Crippen LogP contribution in [0, 0.1) is 0 Å². The zero-order valence-corrected chi connectivity index (χ0v) is 12.1. The van der Waals surface area contributed by atoms with Gasteiger partial charge in [-0.3, -0.25) is 14.7 Å². The van der Waals surface area contributed by atoms with Gasteiger partial charge in [0.05, 0.1) is 11.8 Å². The molecule has 2 aromatic heterocycles. The van der Waals surface area contributed by atoms with Gasteiger partial charge in [-0.15, -0.1) is 0 Å². The van der Waals surface area contributed by atoms with E-state index in [9.17, 15) is 4.79 Å². The number of rotatable bonds is 5. The molecule has 5 nitrogen and oxygen atoms in total. The summed E-state index contributed by atoms with van der Waals surface area (Å²) in [6.45, 7) is 5.59. The Hall–Kier alpha value is -2.14. The summed E-state index contributed by atoms with van der Waals surface area (Å²) in [6, 6.07) is 6.22. The first-order valence-electron chi connectivity index (χ1n) is 7.22. The molecular formula is C16H19N3O2. The van der Waals surface area contributed by atoms with Crippen molar-refractivity contribution in [1.29, 1.82) is 0 Å². The lowest BCUT2D eigenvalue weighted by Crippen LogP contribution is -2.60. The van der Waals surface area contributed by atoms with Crippen LogP contribution in [0.15, 0.2) is 47.5 Å². The van der Waals surface area contributed by atoms with Gasteiger partial charge in [0.1, 0.15) is 6.26 Å². The van der Waals surface area contributed by atoms with Crippen molar-refractivity contribution in [2.45, 2.75) is 19.5 Å². The quantitative estimate of drug-likeness (QED) is 0.843. The molecule has 0 radical (unpaired) electrons. The predicted octanol–water partition coefficient (Wildman–Crippen LogP) is 2.02. The maximum Gasteiger partial charge on any atom is 0.257 e. The van der Waals surface area contributed by atoms with Crippen molar-refractivity contribution in [3.8, 4) is 0 Å². The van der Waals surface area contributed by atoms with Crippen molar-refractivity contribution in [3.05, 3.63) is 54.2 Å². The molecule has 5 heteroatoms. The van der Waals surface area contributed by atoms with Crippen molar-refractivity contribution >= 4 is 5.91 Å². The van der Waals surface area contributed by atoms with Gasteiger partial charge in [0, 0.05) is 38.1 Å². The number of amides is 1. The fourth-order valence-corrected chi connectivity index (χ4v) is 2.64. The van der Waals surface area contributed by atoms with Gasteiger partial charge in [0.2, 0.25) is 0 Å². The predicted molar refractivity (Wildman–Crippen MR) is 78.7 cm³/mol. The molecule has 0 bridgehead atoms. The van der Waals surface area contributed by atoms with Gasteiger partial charge >= 0.3 is 0 Å². The first kappa shape index (κ1) is 13.8. The molecule has 0 atom stereocenters. The minimum atomic E-state index is 0.0555. The van der Waals surface area contributed by atoms with E-state index >= 15 is 0 Å². The van der Waals surface area contributed by atoms with Gasteiger partial charge in [-0.2, -0.15) is 0 Å². The third kappa shape index (κ3) is 2.97. The maximum atomic E-state index is 12.1. The standard InChI is InChI=1S/C16H19N3O2/c1-2-18(9-13-3-6-17-7-4-13)15-10-19(11-15)16(20)14-5-8-21-12-14/h3-8,12,15H,2,9-11H2,1H3. The topological polar surface area (TPSA) is 49.6 Å². The van der Waals surface area contributed by atoms with Crippen molar-refractivity contribution in [1.82, 2.24) is 14.8 Å². The number of likely N-dealkylation sites (N-methyl/N-ethyl adjacent to an activating group) is 1. The van der Waals surface area contributed by atoms with Crippen LogP contribution in [0.3, 0.4) is 0 Å². The highest BCUT2D eigenvalue weighted by Crippen LogP contribution is 2.20. The average Bonchev–Trinajstić information content (AvgIpc) is 2.99. The molecule has 1 amide bonds. The Labute approximate surface area is 124 Å². The molecule has 0 saturated carbocycles. The van der Waals surface area contributed by atoms with Gasteiger partial charge < -0.3 is 9.32 Å². The molecule has 1 fully saturated rings. The smallest absolute Gasteiger partial charge is 0.257 e. The van der Waals surface area contributed by atoms with Crippen LogP contribution >= 0.6 is 0 Å². The summed E-state index contributed by atoms with van der Waals surface area (Å²) in [5, 5.41) is 0. The first-order valence-corrected chi connectivity index (χ1v) is 7.22. The number of likely N-dealkylation sites (tertiary alicyclic amines) is 1. The molecule has 0 N–H and O–H groups in total. The number of aromatic nitrogens is 1. The summed E-state index contributed by atoms with van der Waals surface area (Å²) in [5.41, 5.74) is 1.89. The van der Waals surface area contributed by atoms with E-state index in [0.717, 1.165) is 26.2 Å². The Kier molecular flexibility index (Phi) is 4.01. The normalized spacial score (nSPS) is 15.2. The monoisotopic (exact) mass is 285 g/mol. The summed E-state index contributed by atoms with van der Waals surface area (Å²) in [4.78, 5) is 20.4. The Balaban J connectivity index is 1.55. The van der Waals surface area contributed by atoms with Gasteiger partial charge in [0.25, 0.3) is 5.91 Å². The van der Waals surface area contributed by atoms with Crippen LogP contribution < -0.4 is 0 Å². The van der Waals surface area contributed by atoms with Crippen molar-refractivity contribution in [2.75, 3.05) is 19.6 Å². The third-order valence-corrected chi connectivity index (χ3v) is 3.98. The number of carbonyl (C=O) groups is 1. The molecular weight excluding hydrogens is 266 g/mol. The first-order chi connectivity index (χ1) is 10.3. The van der Waals surface area contributed by atoms with Crippen LogP contribution in [0.25, 0.3) is 0 Å². The zero-order chi connectivity index (χ0) is 14.7. The minimum Gasteiger partial charge on any atom is -0.472 e. The second-order valence-electron chi connectivity index (χ2n) is 5.29. The molecule has 3 heterocycles. The summed E-state index contributed by atoms with van der Waals surface area (Å²) in [5.74, 6) is 0.0555. The third-order valence-electron chi connectivity index (χ3n) is 3.98. The Bertz CT molecular complexity index is 577. The van der Waals surface area contributed by atoms with Crippen LogP contribution in [-0.4, -0.2) is 46.4 Å². The van der Waals surface area contributed by atoms with Gasteiger partial charge in [-0.1, -0.05) is 6.92 Å². The molecule has 3 rings (SSSR count). The second kappa shape index (κ2) is 6.10. The van der Waals surface area contributed by atoms with E-state index < -0.39 is 0 Å². The Morgan fingerprint density at radius 1 is 1.38 bits per heavy atom. The van der Waals surface area contributed by atoms with Crippen molar-refractivity contribution in [2.24, 2.45) is 0 Å². The highest BCUT2D eigenvalue weighted by atomic mass is 16.3. The molecule has 0 spiro atoms. The SMILES string of the molecule is CCN(Cc1ccncc1)C1CN(C(=O)c2ccoc2)C1. The lowest BCUT2D eigenvalue weighted by atomic mass is 10.0. The van der Waals surface area contributed by atoms with Crippen LogP contribution in [0.2, 0.25) is 0 Å². The zero-order valence-electron chi connectivity index (χ0n) is 12.1. The fourth-order valence-electron chi connectivity index (χ4n) is 2.64. The second-order valence-corrected chi connectivity index (χ2v) is 5.29. The van der Waals surface area contributed by atoms with Crippen LogP contribution in [0.1, 0.15) is 22.8 Å². The van der Waals surface area contributed by atoms with Crippen molar-refractivity contribution < 1.29 is 9.21 Å². The van der Waals surface area contributed by atoms with E-state index in [1.165, 1.54) is 18.1 Å². The Morgan fingerprint density at radius 3 is 2.76 bits per heavy atom. The highest BCUT2D eigenvalue weighted by molar-refractivity contribution is 5.94. The van der Waals surface area contributed by atoms with E-state index in [1.807, 2.05) is 29.4 Å². The largest absolute Gasteiger partial charge is 0.472 e. The molecule has 21 heavy (non-hydrogen) atoms. The van der Waals surface area contributed by atoms with Gasteiger partial charge in [-0.25, -0.2) is 0 Å². The van der Waals surface area contributed by atoms with E-state index in [1.54, 1.807) is 6.07 Å². The molecule has 0 unspecified atom stereocenters. The number of hydrogen-bond acceptors (Lipinski definition) is 4. The summed E-state index contributed by atoms with van der Waals surface area (Å²) in [6.07, 6.45) is 6.67. The van der Waals surface area contributed by atoms with Gasteiger partial charge in [-0.05, 0) is 30.3 Å². The number of carbonyl (C=O) groups excluding carboxylic acids is 1. The highest BCUT2D eigenvalue weighted by Gasteiger charge is 2.34.